The van der Waals surface area contributed by atoms with E-state index in [4.69, 9.17) is 9.47 Å². The number of amides is 1. The van der Waals surface area contributed by atoms with Gasteiger partial charge >= 0.3 is 18.0 Å². The third-order valence-electron chi connectivity index (χ3n) is 2.79. The van der Waals surface area contributed by atoms with Crippen LogP contribution in [0.4, 0.5) is 4.79 Å². The summed E-state index contributed by atoms with van der Waals surface area (Å²) < 4.78 is 14.8. The summed E-state index contributed by atoms with van der Waals surface area (Å²) in [5.41, 5.74) is 0.0963. The predicted octanol–water partition coefficient (Wildman–Crippen LogP) is 2.19. The largest absolute Gasteiger partial charge is 0.467 e. The first-order valence-corrected chi connectivity index (χ1v) is 7.48. The van der Waals surface area contributed by atoms with Crippen molar-refractivity contribution in [1.82, 2.24) is 5.32 Å². The molecule has 0 bridgehead atoms. The van der Waals surface area contributed by atoms with Gasteiger partial charge in [0, 0.05) is 0 Å². The molecule has 1 atom stereocenters. The maximum atomic E-state index is 11.9. The van der Waals surface area contributed by atoms with Gasteiger partial charge in [-0.1, -0.05) is 30.3 Å². The third kappa shape index (κ3) is 7.62. The van der Waals surface area contributed by atoms with E-state index in [1.165, 1.54) is 7.11 Å². The SMILES string of the molecule is COC(=O)[C@@H](CC(=O)OCc1ccccc1)NC(=O)OC(C)(C)C. The van der Waals surface area contributed by atoms with Crippen molar-refractivity contribution >= 4 is 18.0 Å². The Morgan fingerprint density at radius 3 is 2.29 bits per heavy atom. The zero-order valence-corrected chi connectivity index (χ0v) is 14.3. The van der Waals surface area contributed by atoms with Gasteiger partial charge in [-0.3, -0.25) is 4.79 Å². The lowest BCUT2D eigenvalue weighted by molar-refractivity contribution is -0.151. The van der Waals surface area contributed by atoms with E-state index in [-0.39, 0.29) is 13.0 Å². The van der Waals surface area contributed by atoms with Crippen molar-refractivity contribution in [2.24, 2.45) is 0 Å². The lowest BCUT2D eigenvalue weighted by atomic mass is 10.2. The van der Waals surface area contributed by atoms with Crippen molar-refractivity contribution in [2.75, 3.05) is 7.11 Å². The average Bonchev–Trinajstić information content (AvgIpc) is 2.50. The van der Waals surface area contributed by atoms with Crippen LogP contribution in [-0.2, 0) is 30.4 Å². The topological polar surface area (TPSA) is 90.9 Å². The molecule has 0 unspecified atom stereocenters. The Kier molecular flexibility index (Phi) is 7.23. The van der Waals surface area contributed by atoms with E-state index in [1.54, 1.807) is 20.8 Å². The highest BCUT2D eigenvalue weighted by Crippen LogP contribution is 2.08. The Morgan fingerprint density at radius 2 is 1.75 bits per heavy atom. The molecule has 24 heavy (non-hydrogen) atoms. The third-order valence-corrected chi connectivity index (χ3v) is 2.79. The highest BCUT2D eigenvalue weighted by molar-refractivity contribution is 5.86. The van der Waals surface area contributed by atoms with E-state index in [0.717, 1.165) is 5.56 Å². The summed E-state index contributed by atoms with van der Waals surface area (Å²) in [4.78, 5) is 35.4. The summed E-state index contributed by atoms with van der Waals surface area (Å²) in [6.45, 7) is 5.15. The molecular formula is C17H23NO6. The van der Waals surface area contributed by atoms with Crippen molar-refractivity contribution in [3.8, 4) is 0 Å². The minimum absolute atomic E-state index is 0.0833. The molecule has 1 amide bonds. The van der Waals surface area contributed by atoms with E-state index in [2.05, 4.69) is 10.1 Å². The molecule has 0 heterocycles. The molecule has 0 saturated carbocycles. The molecule has 0 aliphatic rings. The van der Waals surface area contributed by atoms with Crippen LogP contribution in [-0.4, -0.2) is 36.8 Å². The first-order valence-electron chi connectivity index (χ1n) is 7.48. The van der Waals surface area contributed by atoms with Gasteiger partial charge in [0.2, 0.25) is 0 Å². The van der Waals surface area contributed by atoms with Gasteiger partial charge in [-0.05, 0) is 26.3 Å². The Labute approximate surface area is 141 Å². The summed E-state index contributed by atoms with van der Waals surface area (Å²) >= 11 is 0. The Bertz CT molecular complexity index is 564. The number of carbonyl (C=O) groups excluding carboxylic acids is 3. The van der Waals surface area contributed by atoms with Gasteiger partial charge in [0.15, 0.2) is 0 Å². The van der Waals surface area contributed by atoms with Crippen LogP contribution in [0.2, 0.25) is 0 Å². The van der Waals surface area contributed by atoms with E-state index < -0.39 is 29.7 Å². The van der Waals surface area contributed by atoms with Crippen LogP contribution in [0.15, 0.2) is 30.3 Å². The first kappa shape index (κ1) is 19.5. The number of ether oxygens (including phenoxy) is 3. The summed E-state index contributed by atoms with van der Waals surface area (Å²) in [6.07, 6.45) is -1.16. The van der Waals surface area contributed by atoms with Crippen molar-refractivity contribution in [2.45, 2.75) is 45.4 Å². The van der Waals surface area contributed by atoms with Gasteiger partial charge in [-0.2, -0.15) is 0 Å². The zero-order valence-electron chi connectivity index (χ0n) is 14.3. The molecule has 0 saturated heterocycles. The van der Waals surface area contributed by atoms with Crippen LogP contribution in [0.1, 0.15) is 32.8 Å². The van der Waals surface area contributed by atoms with E-state index in [1.807, 2.05) is 30.3 Å². The number of benzene rings is 1. The fourth-order valence-corrected chi connectivity index (χ4v) is 1.75. The average molecular weight is 337 g/mol. The minimum Gasteiger partial charge on any atom is -0.467 e. The number of nitrogens with one attached hydrogen (secondary N) is 1. The smallest absolute Gasteiger partial charge is 0.408 e. The molecule has 0 fully saturated rings. The molecule has 0 aromatic heterocycles. The lowest BCUT2D eigenvalue weighted by Crippen LogP contribution is -2.45. The van der Waals surface area contributed by atoms with E-state index >= 15 is 0 Å². The quantitative estimate of drug-likeness (QED) is 0.632. The molecule has 1 aromatic carbocycles. The minimum atomic E-state index is -1.17. The second kappa shape index (κ2) is 8.90. The number of methoxy groups -OCH3 is 1. The van der Waals surface area contributed by atoms with Crippen LogP contribution in [0, 0.1) is 0 Å². The zero-order chi connectivity index (χ0) is 18.2. The molecule has 7 heteroatoms. The van der Waals surface area contributed by atoms with Crippen molar-refractivity contribution < 1.29 is 28.6 Å². The van der Waals surface area contributed by atoms with Crippen LogP contribution in [0.3, 0.4) is 0 Å². The Balaban J connectivity index is 2.57. The second-order valence-corrected chi connectivity index (χ2v) is 6.07. The fourth-order valence-electron chi connectivity index (χ4n) is 1.75. The number of esters is 2. The molecule has 0 aliphatic carbocycles. The molecule has 0 aliphatic heterocycles. The molecular weight excluding hydrogens is 314 g/mol. The number of hydrogen-bond donors (Lipinski definition) is 1. The van der Waals surface area contributed by atoms with Crippen molar-refractivity contribution in [3.05, 3.63) is 35.9 Å². The summed E-state index contributed by atoms with van der Waals surface area (Å²) in [5, 5.41) is 2.32. The molecule has 0 radical (unpaired) electrons. The fraction of sp³-hybridized carbons (Fsp3) is 0.471. The summed E-state index contributed by atoms with van der Waals surface area (Å²) in [5.74, 6) is -1.39. The van der Waals surface area contributed by atoms with Gasteiger partial charge in [-0.15, -0.1) is 0 Å². The van der Waals surface area contributed by atoms with Gasteiger partial charge in [0.1, 0.15) is 18.2 Å². The van der Waals surface area contributed by atoms with E-state index in [0.29, 0.717) is 0 Å². The van der Waals surface area contributed by atoms with Crippen molar-refractivity contribution in [1.29, 1.82) is 0 Å². The number of rotatable bonds is 6. The van der Waals surface area contributed by atoms with E-state index in [9.17, 15) is 14.4 Å². The second-order valence-electron chi connectivity index (χ2n) is 6.07. The summed E-state index contributed by atoms with van der Waals surface area (Å²) in [7, 11) is 1.17. The van der Waals surface area contributed by atoms with Gasteiger partial charge in [0.25, 0.3) is 0 Å². The van der Waals surface area contributed by atoms with Gasteiger partial charge in [0.05, 0.1) is 13.5 Å². The molecule has 1 N–H and O–H groups in total. The lowest BCUT2D eigenvalue weighted by Gasteiger charge is -2.22. The molecule has 1 aromatic rings. The van der Waals surface area contributed by atoms with Crippen molar-refractivity contribution in [3.63, 3.8) is 0 Å². The first-order chi connectivity index (χ1) is 11.2. The Hall–Kier alpha value is -2.57. The maximum Gasteiger partial charge on any atom is 0.408 e. The molecule has 1 rings (SSSR count). The number of carbonyl (C=O) groups is 3. The standard InChI is InChI=1S/C17H23NO6/c1-17(2,3)24-16(21)18-13(15(20)22-4)10-14(19)23-11-12-8-6-5-7-9-12/h5-9,13H,10-11H2,1-4H3,(H,18,21)/t13-/m1/s1. The molecule has 0 spiro atoms. The molecule has 132 valence electrons. The number of alkyl carbamates (subject to hydrolysis) is 1. The van der Waals surface area contributed by atoms with Gasteiger partial charge < -0.3 is 19.5 Å². The Morgan fingerprint density at radius 1 is 1.12 bits per heavy atom. The van der Waals surface area contributed by atoms with Gasteiger partial charge in [-0.25, -0.2) is 9.59 Å². The normalized spacial score (nSPS) is 12.0. The van der Waals surface area contributed by atoms with Crippen LogP contribution in [0.25, 0.3) is 0 Å². The van der Waals surface area contributed by atoms with Crippen LogP contribution >= 0.6 is 0 Å². The predicted molar refractivity (Wildman–Crippen MR) is 86.0 cm³/mol. The monoisotopic (exact) mass is 337 g/mol. The van der Waals surface area contributed by atoms with Crippen LogP contribution in [0.5, 0.6) is 0 Å². The van der Waals surface area contributed by atoms with Crippen LogP contribution < -0.4 is 5.32 Å². The highest BCUT2D eigenvalue weighted by atomic mass is 16.6. The molecule has 7 nitrogen and oxygen atoms in total. The number of hydrogen-bond acceptors (Lipinski definition) is 6. The summed E-state index contributed by atoms with van der Waals surface area (Å²) in [6, 6.07) is 7.94. The highest BCUT2D eigenvalue weighted by Gasteiger charge is 2.27. The maximum absolute atomic E-state index is 11.9.